The Morgan fingerprint density at radius 1 is 1.38 bits per heavy atom. The van der Waals surface area contributed by atoms with Gasteiger partial charge < -0.3 is 10.1 Å². The molecule has 0 aromatic heterocycles. The third kappa shape index (κ3) is 2.45. The van der Waals surface area contributed by atoms with Crippen LogP contribution in [0.25, 0.3) is 0 Å². The zero-order valence-corrected chi connectivity index (χ0v) is 11.0. The number of ether oxygens (including phenoxy) is 1. The van der Waals surface area contributed by atoms with Crippen LogP contribution in [0, 0.1) is 6.92 Å². The molecule has 0 spiro atoms. The van der Waals surface area contributed by atoms with Crippen molar-refractivity contribution >= 4 is 0 Å². The molecule has 0 aliphatic heterocycles. The normalized spacial score (nSPS) is 16.8. The van der Waals surface area contributed by atoms with Gasteiger partial charge in [-0.3, -0.25) is 0 Å². The van der Waals surface area contributed by atoms with Gasteiger partial charge in [0.25, 0.3) is 0 Å². The van der Waals surface area contributed by atoms with Crippen molar-refractivity contribution in [2.45, 2.75) is 38.8 Å². The molecule has 16 heavy (non-hydrogen) atoms. The summed E-state index contributed by atoms with van der Waals surface area (Å²) < 4.78 is 5.69. The van der Waals surface area contributed by atoms with Crippen LogP contribution in [-0.2, 0) is 4.74 Å². The van der Waals surface area contributed by atoms with Gasteiger partial charge in [0.15, 0.2) is 0 Å². The number of nitrogens with one attached hydrogen (secondary N) is 1. The largest absolute Gasteiger partial charge is 0.377 e. The SMILES string of the molecule is CCC(C)(OC)C(NC)c1ccccc1C. The monoisotopic (exact) mass is 221 g/mol. The Bertz CT molecular complexity index is 331. The molecule has 0 aliphatic carbocycles. The second-order valence-electron chi connectivity index (χ2n) is 4.45. The van der Waals surface area contributed by atoms with Crippen molar-refractivity contribution < 1.29 is 4.74 Å². The fourth-order valence-electron chi connectivity index (χ4n) is 2.17. The van der Waals surface area contributed by atoms with Gasteiger partial charge in [-0.1, -0.05) is 31.2 Å². The Hall–Kier alpha value is -0.860. The Kier molecular flexibility index (Phi) is 4.51. The first-order chi connectivity index (χ1) is 7.59. The molecule has 0 amide bonds. The maximum absolute atomic E-state index is 5.69. The van der Waals surface area contributed by atoms with Crippen LogP contribution in [0.1, 0.15) is 37.4 Å². The Balaban J connectivity index is 3.12. The molecule has 1 rings (SSSR count). The van der Waals surface area contributed by atoms with Gasteiger partial charge >= 0.3 is 0 Å². The van der Waals surface area contributed by atoms with Gasteiger partial charge in [-0.25, -0.2) is 0 Å². The van der Waals surface area contributed by atoms with E-state index in [-0.39, 0.29) is 11.6 Å². The molecule has 0 radical (unpaired) electrons. The minimum absolute atomic E-state index is 0.166. The van der Waals surface area contributed by atoms with Crippen molar-refractivity contribution in [3.05, 3.63) is 35.4 Å². The number of benzene rings is 1. The first-order valence-electron chi connectivity index (χ1n) is 5.87. The highest BCUT2D eigenvalue weighted by Gasteiger charge is 2.33. The maximum atomic E-state index is 5.69. The molecule has 0 saturated carbocycles. The summed E-state index contributed by atoms with van der Waals surface area (Å²) in [7, 11) is 3.77. The Morgan fingerprint density at radius 3 is 2.44 bits per heavy atom. The van der Waals surface area contributed by atoms with E-state index in [9.17, 15) is 0 Å². The summed E-state index contributed by atoms with van der Waals surface area (Å²) in [5.74, 6) is 0. The van der Waals surface area contributed by atoms with E-state index < -0.39 is 0 Å². The smallest absolute Gasteiger partial charge is 0.0841 e. The highest BCUT2D eigenvalue weighted by molar-refractivity contribution is 5.30. The number of likely N-dealkylation sites (N-methyl/N-ethyl adjacent to an activating group) is 1. The number of aryl methyl sites for hydroxylation is 1. The summed E-state index contributed by atoms with van der Waals surface area (Å²) >= 11 is 0. The summed E-state index contributed by atoms with van der Waals surface area (Å²) in [5.41, 5.74) is 2.45. The van der Waals surface area contributed by atoms with E-state index in [1.54, 1.807) is 7.11 Å². The average molecular weight is 221 g/mol. The first kappa shape index (κ1) is 13.2. The summed E-state index contributed by atoms with van der Waals surface area (Å²) in [6, 6.07) is 8.69. The van der Waals surface area contributed by atoms with Crippen LogP contribution >= 0.6 is 0 Å². The van der Waals surface area contributed by atoms with Crippen LogP contribution in [0.15, 0.2) is 24.3 Å². The Labute approximate surface area is 99.0 Å². The second kappa shape index (κ2) is 5.46. The van der Waals surface area contributed by atoms with Crippen LogP contribution in [0.3, 0.4) is 0 Å². The third-order valence-electron chi connectivity index (χ3n) is 3.57. The Morgan fingerprint density at radius 2 is 2.00 bits per heavy atom. The van der Waals surface area contributed by atoms with E-state index in [0.29, 0.717) is 0 Å². The van der Waals surface area contributed by atoms with Gasteiger partial charge in [-0.05, 0) is 38.4 Å². The van der Waals surface area contributed by atoms with Gasteiger partial charge in [-0.15, -0.1) is 0 Å². The molecule has 0 fully saturated rings. The lowest BCUT2D eigenvalue weighted by molar-refractivity contribution is -0.0282. The van der Waals surface area contributed by atoms with Crippen LogP contribution in [0.5, 0.6) is 0 Å². The van der Waals surface area contributed by atoms with E-state index in [1.807, 2.05) is 7.05 Å². The summed E-state index contributed by atoms with van der Waals surface area (Å²) in [5, 5.41) is 3.38. The summed E-state index contributed by atoms with van der Waals surface area (Å²) in [6.07, 6.45) is 0.976. The van der Waals surface area contributed by atoms with Crippen LogP contribution < -0.4 is 5.32 Å². The standard InChI is InChI=1S/C14H23NO/c1-6-14(3,16-5)13(15-4)12-10-8-7-9-11(12)2/h7-10,13,15H,6H2,1-5H3. The van der Waals surface area contributed by atoms with E-state index in [1.165, 1.54) is 11.1 Å². The topological polar surface area (TPSA) is 21.3 Å². The fourth-order valence-corrected chi connectivity index (χ4v) is 2.17. The van der Waals surface area contributed by atoms with Crippen LogP contribution in [0.4, 0.5) is 0 Å². The molecule has 2 unspecified atom stereocenters. The van der Waals surface area contributed by atoms with Crippen molar-refractivity contribution in [3.8, 4) is 0 Å². The van der Waals surface area contributed by atoms with Crippen molar-refractivity contribution in [1.82, 2.24) is 5.32 Å². The number of methoxy groups -OCH3 is 1. The second-order valence-corrected chi connectivity index (χ2v) is 4.45. The van der Waals surface area contributed by atoms with Crippen LogP contribution in [0.2, 0.25) is 0 Å². The van der Waals surface area contributed by atoms with Gasteiger partial charge in [0.2, 0.25) is 0 Å². The third-order valence-corrected chi connectivity index (χ3v) is 3.57. The average Bonchev–Trinajstić information content (AvgIpc) is 2.32. The zero-order valence-electron chi connectivity index (χ0n) is 11.0. The molecule has 1 aromatic rings. The summed E-state index contributed by atoms with van der Waals surface area (Å²) in [6.45, 7) is 6.46. The van der Waals surface area contributed by atoms with E-state index in [4.69, 9.17) is 4.74 Å². The summed E-state index contributed by atoms with van der Waals surface area (Å²) in [4.78, 5) is 0. The highest BCUT2D eigenvalue weighted by Crippen LogP contribution is 2.32. The lowest BCUT2D eigenvalue weighted by atomic mass is 9.86. The van der Waals surface area contributed by atoms with E-state index in [0.717, 1.165) is 6.42 Å². The molecule has 1 aromatic carbocycles. The lowest BCUT2D eigenvalue weighted by Gasteiger charge is -2.36. The van der Waals surface area contributed by atoms with Gasteiger partial charge in [0.1, 0.15) is 0 Å². The number of hydrogen-bond donors (Lipinski definition) is 1. The molecule has 0 aliphatic rings. The molecular weight excluding hydrogens is 198 g/mol. The molecule has 2 nitrogen and oxygen atoms in total. The van der Waals surface area contributed by atoms with Crippen molar-refractivity contribution in [2.75, 3.05) is 14.2 Å². The minimum atomic E-state index is -0.166. The van der Waals surface area contributed by atoms with Gasteiger partial charge in [0.05, 0.1) is 11.6 Å². The molecule has 1 N–H and O–H groups in total. The molecule has 90 valence electrons. The van der Waals surface area contributed by atoms with Crippen molar-refractivity contribution in [1.29, 1.82) is 0 Å². The lowest BCUT2D eigenvalue weighted by Crippen LogP contribution is -2.41. The van der Waals surface area contributed by atoms with Crippen molar-refractivity contribution in [3.63, 3.8) is 0 Å². The van der Waals surface area contributed by atoms with Gasteiger partial charge in [-0.2, -0.15) is 0 Å². The highest BCUT2D eigenvalue weighted by atomic mass is 16.5. The molecular formula is C14H23NO. The van der Waals surface area contributed by atoms with Crippen LogP contribution in [-0.4, -0.2) is 19.8 Å². The fraction of sp³-hybridized carbons (Fsp3) is 0.571. The predicted molar refractivity (Wildman–Crippen MR) is 68.7 cm³/mol. The molecule has 0 bridgehead atoms. The quantitative estimate of drug-likeness (QED) is 0.825. The van der Waals surface area contributed by atoms with Crippen molar-refractivity contribution in [2.24, 2.45) is 0 Å². The molecule has 0 heterocycles. The van der Waals surface area contributed by atoms with Gasteiger partial charge in [0, 0.05) is 7.11 Å². The maximum Gasteiger partial charge on any atom is 0.0841 e. The van der Waals surface area contributed by atoms with E-state index in [2.05, 4.69) is 50.4 Å². The number of hydrogen-bond acceptors (Lipinski definition) is 2. The number of rotatable bonds is 5. The zero-order chi connectivity index (χ0) is 12.2. The molecule has 0 saturated heterocycles. The van der Waals surface area contributed by atoms with E-state index >= 15 is 0 Å². The first-order valence-corrected chi connectivity index (χ1v) is 5.87. The molecule has 2 atom stereocenters. The molecule has 2 heteroatoms. The predicted octanol–water partition coefficient (Wildman–Crippen LogP) is 3.07. The minimum Gasteiger partial charge on any atom is -0.377 e.